The zero-order valence-electron chi connectivity index (χ0n) is 16.5. The minimum absolute atomic E-state index is 0.0813. The van der Waals surface area contributed by atoms with Crippen LogP contribution in [0.4, 0.5) is 5.69 Å². The Morgan fingerprint density at radius 1 is 1.14 bits per heavy atom. The molecule has 0 spiro atoms. The Morgan fingerprint density at radius 3 is 2.62 bits per heavy atom. The highest BCUT2D eigenvalue weighted by atomic mass is 16.5. The fourth-order valence-electron chi connectivity index (χ4n) is 3.81. The summed E-state index contributed by atoms with van der Waals surface area (Å²) in [7, 11) is 0. The van der Waals surface area contributed by atoms with Crippen molar-refractivity contribution in [3.63, 3.8) is 0 Å². The molecule has 1 aromatic heterocycles. The highest BCUT2D eigenvalue weighted by Gasteiger charge is 2.39. The average Bonchev–Trinajstić information content (AvgIpc) is 3.32. The third-order valence-corrected chi connectivity index (χ3v) is 5.35. The first kappa shape index (κ1) is 17.9. The molecule has 1 unspecified atom stereocenters. The zero-order valence-corrected chi connectivity index (χ0v) is 16.5. The second kappa shape index (κ2) is 7.03. The number of benzene rings is 2. The average molecular weight is 389 g/mol. The van der Waals surface area contributed by atoms with E-state index in [1.165, 1.54) is 0 Å². The highest BCUT2D eigenvalue weighted by molar-refractivity contribution is 6.07. The fourth-order valence-corrected chi connectivity index (χ4v) is 3.81. The Bertz CT molecular complexity index is 1040. The topological polar surface area (TPSA) is 68.5 Å². The van der Waals surface area contributed by atoms with Gasteiger partial charge in [0.05, 0.1) is 6.10 Å². The van der Waals surface area contributed by atoms with Crippen LogP contribution in [0.3, 0.4) is 0 Å². The van der Waals surface area contributed by atoms with E-state index in [0.29, 0.717) is 23.8 Å². The minimum atomic E-state index is -0.286. The number of nitrogens with zero attached hydrogens (tertiary/aromatic N) is 3. The van der Waals surface area contributed by atoms with Crippen LogP contribution in [-0.2, 0) is 6.42 Å². The van der Waals surface area contributed by atoms with Crippen LogP contribution in [0.15, 0.2) is 53.1 Å². The molecular weight excluding hydrogens is 366 g/mol. The normalized spacial score (nSPS) is 18.2. The summed E-state index contributed by atoms with van der Waals surface area (Å²) in [6.45, 7) is 3.95. The molecule has 3 aromatic rings. The van der Waals surface area contributed by atoms with Gasteiger partial charge in [-0.05, 0) is 62.6 Å². The lowest BCUT2D eigenvalue weighted by Crippen LogP contribution is -2.32. The maximum Gasteiger partial charge on any atom is 0.259 e. The second-order valence-electron chi connectivity index (χ2n) is 7.98. The summed E-state index contributed by atoms with van der Waals surface area (Å²) in [6.07, 6.45) is 2.97. The molecule has 0 saturated heterocycles. The van der Waals surface area contributed by atoms with Crippen LogP contribution >= 0.6 is 0 Å². The Kier molecular flexibility index (Phi) is 4.34. The van der Waals surface area contributed by atoms with Gasteiger partial charge in [-0.3, -0.25) is 9.69 Å². The van der Waals surface area contributed by atoms with Crippen molar-refractivity contribution in [1.82, 2.24) is 10.1 Å². The van der Waals surface area contributed by atoms with Gasteiger partial charge in [0, 0.05) is 23.6 Å². The first-order valence-corrected chi connectivity index (χ1v) is 10.1. The van der Waals surface area contributed by atoms with Gasteiger partial charge < -0.3 is 9.26 Å². The van der Waals surface area contributed by atoms with E-state index in [9.17, 15) is 4.79 Å². The molecule has 5 rings (SSSR count). The number of para-hydroxylation sites is 1. The van der Waals surface area contributed by atoms with Crippen molar-refractivity contribution in [2.45, 2.75) is 51.2 Å². The maximum atomic E-state index is 13.5. The van der Waals surface area contributed by atoms with Gasteiger partial charge in [0.1, 0.15) is 11.8 Å². The first-order chi connectivity index (χ1) is 14.1. The minimum Gasteiger partial charge on any atom is -0.491 e. The molecule has 0 N–H and O–H groups in total. The largest absolute Gasteiger partial charge is 0.491 e. The van der Waals surface area contributed by atoms with E-state index < -0.39 is 0 Å². The smallest absolute Gasteiger partial charge is 0.259 e. The summed E-state index contributed by atoms with van der Waals surface area (Å²) >= 11 is 0. The molecule has 1 aliphatic heterocycles. The summed E-state index contributed by atoms with van der Waals surface area (Å²) in [5.74, 6) is 2.35. The lowest BCUT2D eigenvalue weighted by Gasteiger charge is -2.23. The third-order valence-electron chi connectivity index (χ3n) is 5.35. The summed E-state index contributed by atoms with van der Waals surface area (Å²) in [5.41, 5.74) is 2.61. The second-order valence-corrected chi connectivity index (χ2v) is 7.98. The van der Waals surface area contributed by atoms with Gasteiger partial charge in [0.2, 0.25) is 5.89 Å². The molecule has 2 aliphatic rings. The van der Waals surface area contributed by atoms with E-state index >= 15 is 0 Å². The van der Waals surface area contributed by atoms with E-state index in [2.05, 4.69) is 10.1 Å². The number of anilines is 1. The number of hydrogen-bond acceptors (Lipinski definition) is 5. The van der Waals surface area contributed by atoms with Gasteiger partial charge in [-0.1, -0.05) is 23.4 Å². The predicted molar refractivity (Wildman–Crippen MR) is 108 cm³/mol. The predicted octanol–water partition coefficient (Wildman–Crippen LogP) is 4.68. The fraction of sp³-hybridized carbons (Fsp3) is 0.348. The molecule has 2 aromatic carbocycles. The number of carbonyl (C=O) groups is 1. The Balaban J connectivity index is 1.47. The van der Waals surface area contributed by atoms with Crippen molar-refractivity contribution in [3.8, 4) is 5.75 Å². The van der Waals surface area contributed by atoms with Crippen LogP contribution in [0.1, 0.15) is 66.3 Å². The number of amides is 1. The summed E-state index contributed by atoms with van der Waals surface area (Å²) in [4.78, 5) is 19.9. The Morgan fingerprint density at radius 2 is 1.90 bits per heavy atom. The van der Waals surface area contributed by atoms with Gasteiger partial charge in [0.15, 0.2) is 5.82 Å². The van der Waals surface area contributed by atoms with Gasteiger partial charge >= 0.3 is 0 Å². The van der Waals surface area contributed by atoms with Crippen LogP contribution in [0.5, 0.6) is 5.75 Å². The van der Waals surface area contributed by atoms with Gasteiger partial charge in [0.25, 0.3) is 5.91 Å². The third kappa shape index (κ3) is 3.39. The van der Waals surface area contributed by atoms with Crippen molar-refractivity contribution < 1.29 is 14.1 Å². The molecule has 148 valence electrons. The van der Waals surface area contributed by atoms with Crippen molar-refractivity contribution in [2.24, 2.45) is 0 Å². The molecule has 1 atom stereocenters. The quantitative estimate of drug-likeness (QED) is 0.634. The molecule has 0 bridgehead atoms. The lowest BCUT2D eigenvalue weighted by molar-refractivity contribution is 0.0974. The summed E-state index contributed by atoms with van der Waals surface area (Å²) < 4.78 is 11.3. The summed E-state index contributed by atoms with van der Waals surface area (Å²) in [5, 5.41) is 4.15. The van der Waals surface area contributed by atoms with E-state index in [4.69, 9.17) is 9.26 Å². The molecule has 1 amide bonds. The Labute approximate surface area is 169 Å². The van der Waals surface area contributed by atoms with E-state index in [0.717, 1.165) is 35.7 Å². The van der Waals surface area contributed by atoms with E-state index in [-0.39, 0.29) is 18.1 Å². The van der Waals surface area contributed by atoms with Crippen molar-refractivity contribution in [1.29, 1.82) is 0 Å². The first-order valence-electron chi connectivity index (χ1n) is 10.1. The maximum absolute atomic E-state index is 13.5. The van der Waals surface area contributed by atoms with Crippen LogP contribution in [0, 0.1) is 0 Å². The summed E-state index contributed by atoms with van der Waals surface area (Å²) in [6, 6.07) is 15.0. The number of rotatable bonds is 5. The van der Waals surface area contributed by atoms with Crippen LogP contribution < -0.4 is 9.64 Å². The number of aromatic nitrogens is 2. The van der Waals surface area contributed by atoms with Crippen molar-refractivity contribution in [3.05, 3.63) is 71.4 Å². The number of carbonyl (C=O) groups excluding carboxylic acids is 1. The number of fused-ring (bicyclic) bond motifs is 1. The molecule has 6 nitrogen and oxygen atoms in total. The van der Waals surface area contributed by atoms with Gasteiger partial charge in [-0.15, -0.1) is 0 Å². The van der Waals surface area contributed by atoms with Gasteiger partial charge in [-0.25, -0.2) is 0 Å². The Hall–Kier alpha value is -3.15. The van der Waals surface area contributed by atoms with Gasteiger partial charge in [-0.2, -0.15) is 4.98 Å². The molecule has 1 aliphatic carbocycles. The van der Waals surface area contributed by atoms with E-state index in [1.54, 1.807) is 4.90 Å². The molecule has 6 heteroatoms. The number of ether oxygens (including phenoxy) is 1. The SMILES string of the molecule is CC(C)Oc1ccc(C(=O)N2c3ccccc3CC2c2nc(C3CC3)no2)cc1. The van der Waals surface area contributed by atoms with Crippen LogP contribution in [0.2, 0.25) is 0 Å². The lowest BCUT2D eigenvalue weighted by atomic mass is 10.1. The highest BCUT2D eigenvalue weighted by Crippen LogP contribution is 2.43. The molecule has 2 heterocycles. The van der Waals surface area contributed by atoms with Crippen LogP contribution in [-0.4, -0.2) is 22.2 Å². The van der Waals surface area contributed by atoms with Crippen LogP contribution in [0.25, 0.3) is 0 Å². The number of hydrogen-bond donors (Lipinski definition) is 0. The molecule has 1 fully saturated rings. The zero-order chi connectivity index (χ0) is 20.0. The molecule has 1 saturated carbocycles. The van der Waals surface area contributed by atoms with E-state index in [1.807, 2.05) is 62.4 Å². The standard InChI is InChI=1S/C23H23N3O3/c1-14(2)28-18-11-9-16(10-12-18)23(27)26-19-6-4-3-5-17(19)13-20(26)22-24-21(25-29-22)15-7-8-15/h3-6,9-12,14-15,20H,7-8,13H2,1-2H3. The monoisotopic (exact) mass is 389 g/mol. The van der Waals surface area contributed by atoms with Crippen molar-refractivity contribution >= 4 is 11.6 Å². The molecule has 29 heavy (non-hydrogen) atoms. The van der Waals surface area contributed by atoms with Crippen molar-refractivity contribution in [2.75, 3.05) is 4.90 Å². The molecule has 0 radical (unpaired) electrons. The molecular formula is C23H23N3O3.